The molecule has 0 atom stereocenters. The standard InChI is InChI=1S/C16H14O2/c1-2-3-8-14-15(17)13-10-9-11-6-4-5-7-12(11)16(13)18-14/h4-10H,2-3H2,1H3. The van der Waals surface area contributed by atoms with Crippen molar-refractivity contribution in [2.75, 3.05) is 0 Å². The van der Waals surface area contributed by atoms with E-state index >= 15 is 0 Å². The minimum absolute atomic E-state index is 0.00389. The van der Waals surface area contributed by atoms with Gasteiger partial charge in [0.15, 0.2) is 5.76 Å². The minimum atomic E-state index is 0.00389. The summed E-state index contributed by atoms with van der Waals surface area (Å²) in [7, 11) is 0. The van der Waals surface area contributed by atoms with Crippen LogP contribution in [0.25, 0.3) is 10.8 Å². The Balaban J connectivity index is 2.14. The lowest BCUT2D eigenvalue weighted by Gasteiger charge is -2.03. The number of hydrogen-bond acceptors (Lipinski definition) is 2. The number of rotatable bonds is 2. The fourth-order valence-electron chi connectivity index (χ4n) is 2.23. The first-order valence-electron chi connectivity index (χ1n) is 6.25. The molecule has 0 bridgehead atoms. The zero-order valence-corrected chi connectivity index (χ0v) is 10.3. The Kier molecular flexibility index (Phi) is 2.63. The van der Waals surface area contributed by atoms with E-state index < -0.39 is 0 Å². The van der Waals surface area contributed by atoms with Gasteiger partial charge < -0.3 is 4.74 Å². The third-order valence-electron chi connectivity index (χ3n) is 3.18. The fraction of sp³-hybridized carbons (Fsp3) is 0.188. The van der Waals surface area contributed by atoms with Gasteiger partial charge in [0.1, 0.15) is 5.75 Å². The molecule has 1 aliphatic rings. The highest BCUT2D eigenvalue weighted by molar-refractivity contribution is 6.15. The Morgan fingerprint density at radius 3 is 2.83 bits per heavy atom. The summed E-state index contributed by atoms with van der Waals surface area (Å²) in [6, 6.07) is 11.8. The van der Waals surface area contributed by atoms with Crippen LogP contribution in [0.3, 0.4) is 0 Å². The van der Waals surface area contributed by atoms with Gasteiger partial charge in [-0.15, -0.1) is 0 Å². The molecule has 0 saturated heterocycles. The molecule has 0 aliphatic carbocycles. The van der Waals surface area contributed by atoms with Gasteiger partial charge in [-0.05, 0) is 23.9 Å². The minimum Gasteiger partial charge on any atom is -0.452 e. The molecule has 0 spiro atoms. The summed E-state index contributed by atoms with van der Waals surface area (Å²) in [5, 5.41) is 2.10. The van der Waals surface area contributed by atoms with E-state index in [4.69, 9.17) is 4.74 Å². The lowest BCUT2D eigenvalue weighted by Crippen LogP contribution is -1.97. The Hall–Kier alpha value is -2.09. The third kappa shape index (κ3) is 1.61. The number of carbonyl (C=O) groups is 1. The van der Waals surface area contributed by atoms with Crippen molar-refractivity contribution in [3.05, 3.63) is 53.8 Å². The van der Waals surface area contributed by atoms with E-state index in [1.165, 1.54) is 0 Å². The number of ketones is 1. The van der Waals surface area contributed by atoms with Gasteiger partial charge in [0, 0.05) is 5.39 Å². The molecule has 0 unspecified atom stereocenters. The lowest BCUT2D eigenvalue weighted by atomic mass is 10.0. The molecular weight excluding hydrogens is 224 g/mol. The molecular formula is C16H14O2. The number of benzene rings is 2. The predicted molar refractivity (Wildman–Crippen MR) is 71.9 cm³/mol. The maximum atomic E-state index is 12.2. The van der Waals surface area contributed by atoms with Crippen LogP contribution in [0.15, 0.2) is 48.2 Å². The largest absolute Gasteiger partial charge is 0.452 e. The number of carbonyl (C=O) groups excluding carboxylic acids is 1. The Morgan fingerprint density at radius 2 is 2.00 bits per heavy atom. The van der Waals surface area contributed by atoms with E-state index in [-0.39, 0.29) is 5.78 Å². The van der Waals surface area contributed by atoms with E-state index in [2.05, 4.69) is 6.92 Å². The zero-order valence-electron chi connectivity index (χ0n) is 10.3. The molecule has 0 radical (unpaired) electrons. The van der Waals surface area contributed by atoms with Crippen molar-refractivity contribution in [2.24, 2.45) is 0 Å². The van der Waals surface area contributed by atoms with Crippen LogP contribution in [-0.2, 0) is 0 Å². The first-order valence-corrected chi connectivity index (χ1v) is 6.25. The van der Waals surface area contributed by atoms with E-state index in [1.807, 2.05) is 42.5 Å². The average Bonchev–Trinajstić information content (AvgIpc) is 2.74. The van der Waals surface area contributed by atoms with Crippen LogP contribution >= 0.6 is 0 Å². The van der Waals surface area contributed by atoms with Gasteiger partial charge in [0.25, 0.3) is 0 Å². The molecule has 2 heteroatoms. The predicted octanol–water partition coefficient (Wildman–Crippen LogP) is 4.10. The molecule has 18 heavy (non-hydrogen) atoms. The Bertz CT molecular complexity index is 653. The van der Waals surface area contributed by atoms with Gasteiger partial charge >= 0.3 is 0 Å². The number of hydrogen-bond donors (Lipinski definition) is 0. The van der Waals surface area contributed by atoms with Gasteiger partial charge in [-0.1, -0.05) is 43.7 Å². The topological polar surface area (TPSA) is 26.3 Å². The van der Waals surface area contributed by atoms with E-state index in [1.54, 1.807) is 0 Å². The second-order valence-corrected chi connectivity index (χ2v) is 4.45. The summed E-state index contributed by atoms with van der Waals surface area (Å²) in [6.07, 6.45) is 3.77. The molecule has 0 saturated carbocycles. The molecule has 0 fully saturated rings. The molecule has 1 heterocycles. The summed E-state index contributed by atoms with van der Waals surface area (Å²) >= 11 is 0. The van der Waals surface area contributed by atoms with Gasteiger partial charge in [-0.2, -0.15) is 0 Å². The molecule has 2 nitrogen and oxygen atoms in total. The van der Waals surface area contributed by atoms with Crippen molar-refractivity contribution in [3.63, 3.8) is 0 Å². The second-order valence-electron chi connectivity index (χ2n) is 4.45. The maximum absolute atomic E-state index is 12.2. The quantitative estimate of drug-likeness (QED) is 0.736. The molecule has 1 aliphatic heterocycles. The number of Topliss-reactive ketones (excluding diaryl/α,β-unsaturated/α-hetero) is 1. The summed E-state index contributed by atoms with van der Waals surface area (Å²) < 4.78 is 5.75. The normalized spacial score (nSPS) is 16.1. The molecule has 3 rings (SSSR count). The van der Waals surface area contributed by atoms with Gasteiger partial charge in [0.05, 0.1) is 5.56 Å². The first kappa shape index (κ1) is 11.0. The van der Waals surface area contributed by atoms with Crippen molar-refractivity contribution in [3.8, 4) is 5.75 Å². The van der Waals surface area contributed by atoms with Gasteiger partial charge in [0.2, 0.25) is 5.78 Å². The smallest absolute Gasteiger partial charge is 0.231 e. The second kappa shape index (κ2) is 4.30. The monoisotopic (exact) mass is 238 g/mol. The summed E-state index contributed by atoms with van der Waals surface area (Å²) in [5.41, 5.74) is 0.677. The molecule has 2 aromatic rings. The van der Waals surface area contributed by atoms with Crippen LogP contribution < -0.4 is 4.74 Å². The van der Waals surface area contributed by atoms with Crippen LogP contribution in [0, 0.1) is 0 Å². The fourth-order valence-corrected chi connectivity index (χ4v) is 2.23. The third-order valence-corrected chi connectivity index (χ3v) is 3.18. The molecule has 90 valence electrons. The lowest BCUT2D eigenvalue weighted by molar-refractivity contribution is 0.101. The number of fused-ring (bicyclic) bond motifs is 3. The van der Waals surface area contributed by atoms with Crippen molar-refractivity contribution in [1.82, 2.24) is 0 Å². The van der Waals surface area contributed by atoms with Crippen LogP contribution in [0.5, 0.6) is 5.75 Å². The Morgan fingerprint density at radius 1 is 1.17 bits per heavy atom. The van der Waals surface area contributed by atoms with E-state index in [0.29, 0.717) is 17.1 Å². The molecule has 0 N–H and O–H groups in total. The number of allylic oxidation sites excluding steroid dienone is 2. The molecule has 0 aromatic heterocycles. The highest BCUT2D eigenvalue weighted by Gasteiger charge is 2.28. The van der Waals surface area contributed by atoms with E-state index in [9.17, 15) is 4.79 Å². The van der Waals surface area contributed by atoms with Crippen LogP contribution in [-0.4, -0.2) is 5.78 Å². The highest BCUT2D eigenvalue weighted by atomic mass is 16.5. The van der Waals surface area contributed by atoms with Crippen molar-refractivity contribution in [2.45, 2.75) is 19.8 Å². The number of unbranched alkanes of at least 4 members (excludes halogenated alkanes) is 1. The summed E-state index contributed by atoms with van der Waals surface area (Å²) in [5.74, 6) is 1.19. The average molecular weight is 238 g/mol. The van der Waals surface area contributed by atoms with E-state index in [0.717, 1.165) is 23.6 Å². The molecule has 2 aromatic carbocycles. The van der Waals surface area contributed by atoms with Crippen LogP contribution in [0.2, 0.25) is 0 Å². The number of ether oxygens (including phenoxy) is 1. The van der Waals surface area contributed by atoms with Crippen LogP contribution in [0.4, 0.5) is 0 Å². The summed E-state index contributed by atoms with van der Waals surface area (Å²) in [6.45, 7) is 2.08. The first-order chi connectivity index (χ1) is 8.81. The van der Waals surface area contributed by atoms with Crippen LogP contribution in [0.1, 0.15) is 30.1 Å². The van der Waals surface area contributed by atoms with Crippen molar-refractivity contribution in [1.29, 1.82) is 0 Å². The zero-order chi connectivity index (χ0) is 12.5. The highest BCUT2D eigenvalue weighted by Crippen LogP contribution is 2.37. The summed E-state index contributed by atoms with van der Waals surface area (Å²) in [4.78, 5) is 12.2. The van der Waals surface area contributed by atoms with Crippen molar-refractivity contribution >= 4 is 16.6 Å². The van der Waals surface area contributed by atoms with Gasteiger partial charge in [-0.3, -0.25) is 4.79 Å². The van der Waals surface area contributed by atoms with Gasteiger partial charge in [-0.25, -0.2) is 0 Å². The van der Waals surface area contributed by atoms with Crippen molar-refractivity contribution < 1.29 is 9.53 Å². The SMILES string of the molecule is CCCC=C1Oc2c(ccc3ccccc23)C1=O. The molecule has 0 amide bonds. The maximum Gasteiger partial charge on any atom is 0.231 e. The Labute approximate surface area is 106 Å².